The van der Waals surface area contributed by atoms with Crippen LogP contribution >= 0.6 is 23.1 Å². The number of carbonyl (C=O) groups excluding carboxylic acids is 2. The second-order valence-corrected chi connectivity index (χ2v) is 11.7. The van der Waals surface area contributed by atoms with Crippen LogP contribution in [0.4, 0.5) is 10.9 Å². The number of rotatable bonds is 11. The number of benzene rings is 1. The zero-order valence-electron chi connectivity index (χ0n) is 23.8. The van der Waals surface area contributed by atoms with Crippen LogP contribution in [0.3, 0.4) is 0 Å². The van der Waals surface area contributed by atoms with Crippen molar-refractivity contribution in [2.24, 2.45) is 5.16 Å². The van der Waals surface area contributed by atoms with Crippen LogP contribution in [0.5, 0.6) is 11.5 Å². The molecule has 5 rings (SSSR count). The molecule has 1 saturated heterocycles. The SMILES string of the molecule is Nc1cc[n+](C/C=C/C2=C(C(=O)O)N3C(=O)[C@@H](NC(=O)/C(=N\O[C@H](C(=O)O)c4ccc(O)c(O)c4)c4csc(N)n4)[C@H]3SC2)cn1.[Cl-]. The summed E-state index contributed by atoms with van der Waals surface area (Å²) in [7, 11) is 0. The zero-order chi connectivity index (χ0) is 33.1. The number of thioether (sulfide) groups is 1. The molecular formula is C27H25ClN8O9S2. The fraction of sp³-hybridized carbons (Fsp3) is 0.185. The van der Waals surface area contributed by atoms with E-state index in [1.807, 2.05) is 0 Å². The Morgan fingerprint density at radius 1 is 1.21 bits per heavy atom. The molecular weight excluding hydrogens is 680 g/mol. The van der Waals surface area contributed by atoms with E-state index in [0.717, 1.165) is 28.4 Å². The lowest BCUT2D eigenvalue weighted by atomic mass is 10.0. The van der Waals surface area contributed by atoms with Gasteiger partial charge in [-0.2, -0.15) is 0 Å². The van der Waals surface area contributed by atoms with Crippen molar-refractivity contribution in [2.75, 3.05) is 17.2 Å². The van der Waals surface area contributed by atoms with Gasteiger partial charge in [-0.1, -0.05) is 17.3 Å². The smallest absolute Gasteiger partial charge is 0.352 e. The Morgan fingerprint density at radius 3 is 2.60 bits per heavy atom. The number of oxime groups is 1. The van der Waals surface area contributed by atoms with Gasteiger partial charge in [0.05, 0.1) is 6.20 Å². The number of carboxylic acids is 2. The summed E-state index contributed by atoms with van der Waals surface area (Å²) in [4.78, 5) is 65.0. The summed E-state index contributed by atoms with van der Waals surface area (Å²) in [6, 6.07) is 3.64. The van der Waals surface area contributed by atoms with Gasteiger partial charge in [0.1, 0.15) is 29.4 Å². The van der Waals surface area contributed by atoms with Crippen LogP contribution in [-0.4, -0.2) is 81.9 Å². The highest BCUT2D eigenvalue weighted by molar-refractivity contribution is 8.00. The maximum atomic E-state index is 13.4. The second-order valence-electron chi connectivity index (χ2n) is 9.71. The lowest BCUT2D eigenvalue weighted by Gasteiger charge is -2.49. The first-order valence-electron chi connectivity index (χ1n) is 13.1. The number of allylic oxidation sites excluding steroid dienone is 2. The topological polar surface area (TPSA) is 268 Å². The Labute approximate surface area is 279 Å². The first-order chi connectivity index (χ1) is 21.9. The fourth-order valence-electron chi connectivity index (χ4n) is 4.46. The predicted molar refractivity (Wildman–Crippen MR) is 162 cm³/mol. The van der Waals surface area contributed by atoms with Gasteiger partial charge in [-0.05, 0) is 28.8 Å². The molecule has 3 aromatic rings. The Kier molecular flexibility index (Phi) is 10.5. The van der Waals surface area contributed by atoms with Gasteiger partial charge >= 0.3 is 11.9 Å². The van der Waals surface area contributed by atoms with Gasteiger partial charge in [-0.25, -0.2) is 19.1 Å². The molecule has 3 atom stereocenters. The van der Waals surface area contributed by atoms with Gasteiger partial charge in [0.15, 0.2) is 22.3 Å². The maximum absolute atomic E-state index is 13.4. The molecule has 0 aliphatic carbocycles. The summed E-state index contributed by atoms with van der Waals surface area (Å²) >= 11 is 2.20. The first-order valence-corrected chi connectivity index (χ1v) is 15.1. The number of aromatic hydroxyl groups is 2. The zero-order valence-corrected chi connectivity index (χ0v) is 26.1. The number of phenolic OH excluding ortho intramolecular Hbond substituents is 2. The Hall–Kier alpha value is -5.40. The van der Waals surface area contributed by atoms with Crippen LogP contribution in [0, 0.1) is 0 Å². The van der Waals surface area contributed by atoms with Crippen LogP contribution in [0.1, 0.15) is 17.4 Å². The first kappa shape index (κ1) is 34.5. The highest BCUT2D eigenvalue weighted by Gasteiger charge is 2.54. The number of fused-ring (bicyclic) bond motifs is 1. The molecule has 4 heterocycles. The fourth-order valence-corrected chi connectivity index (χ4v) is 6.32. The molecule has 2 aliphatic heterocycles. The number of nitrogens with two attached hydrogens (primary N) is 2. The van der Waals surface area contributed by atoms with Crippen LogP contribution in [0.2, 0.25) is 0 Å². The number of anilines is 2. The van der Waals surface area contributed by atoms with Crippen LogP contribution in [0.15, 0.2) is 70.7 Å². The Bertz CT molecular complexity index is 1820. The van der Waals surface area contributed by atoms with E-state index in [1.165, 1.54) is 29.5 Å². The van der Waals surface area contributed by atoms with E-state index in [-0.39, 0.29) is 40.2 Å². The average molecular weight is 705 g/mol. The summed E-state index contributed by atoms with van der Waals surface area (Å²) in [5.74, 6) is -5.04. The average Bonchev–Trinajstić information content (AvgIpc) is 3.45. The third-order valence-electron chi connectivity index (χ3n) is 6.67. The molecule has 1 fully saturated rings. The third-order valence-corrected chi connectivity index (χ3v) is 8.65. The molecule has 20 heteroatoms. The minimum atomic E-state index is -1.82. The van der Waals surface area contributed by atoms with Gasteiger partial charge in [0.2, 0.25) is 11.9 Å². The van der Waals surface area contributed by atoms with Gasteiger partial charge in [-0.3, -0.25) is 14.5 Å². The molecule has 0 radical (unpaired) electrons. The number of aromatic nitrogens is 3. The molecule has 2 aliphatic rings. The van der Waals surface area contributed by atoms with Crippen molar-refractivity contribution in [3.8, 4) is 11.5 Å². The van der Waals surface area contributed by atoms with E-state index in [4.69, 9.17) is 16.3 Å². The summed E-state index contributed by atoms with van der Waals surface area (Å²) < 4.78 is 1.72. The Balaban J connectivity index is 0.00000500. The number of amides is 2. The quantitative estimate of drug-likeness (QED) is 0.0344. The number of nitrogens with zero attached hydrogens (tertiary/aromatic N) is 5. The van der Waals surface area contributed by atoms with E-state index < -0.39 is 58.5 Å². The van der Waals surface area contributed by atoms with Crippen molar-refractivity contribution in [1.29, 1.82) is 0 Å². The number of halogens is 1. The summed E-state index contributed by atoms with van der Waals surface area (Å²) in [5.41, 5.74) is 10.8. The van der Waals surface area contributed by atoms with Crippen molar-refractivity contribution in [3.63, 3.8) is 0 Å². The summed E-state index contributed by atoms with van der Waals surface area (Å²) in [5, 5.41) is 45.9. The number of β-lactam (4-membered cyclic amide) rings is 1. The van der Waals surface area contributed by atoms with Crippen LogP contribution in [0.25, 0.3) is 0 Å². The van der Waals surface area contributed by atoms with Gasteiger partial charge in [0, 0.05) is 22.8 Å². The lowest BCUT2D eigenvalue weighted by Crippen LogP contribution is -3.00. The molecule has 0 bridgehead atoms. The highest BCUT2D eigenvalue weighted by Crippen LogP contribution is 2.40. The maximum Gasteiger partial charge on any atom is 0.352 e. The van der Waals surface area contributed by atoms with Crippen molar-refractivity contribution >= 4 is 63.5 Å². The monoisotopic (exact) mass is 704 g/mol. The number of nitrogen functional groups attached to an aromatic ring is 2. The number of hydrogen-bond donors (Lipinski definition) is 7. The van der Waals surface area contributed by atoms with Crippen molar-refractivity contribution in [2.45, 2.75) is 24.1 Å². The van der Waals surface area contributed by atoms with Crippen molar-refractivity contribution in [1.82, 2.24) is 20.2 Å². The normalized spacial score (nSPS) is 18.2. The number of nitrogens with one attached hydrogen (secondary N) is 1. The predicted octanol–water partition coefficient (Wildman–Crippen LogP) is -3.05. The molecule has 2 aromatic heterocycles. The van der Waals surface area contributed by atoms with Gasteiger partial charge in [0.25, 0.3) is 18.1 Å². The molecule has 9 N–H and O–H groups in total. The second kappa shape index (κ2) is 14.4. The van der Waals surface area contributed by atoms with E-state index in [0.29, 0.717) is 17.9 Å². The molecule has 0 saturated carbocycles. The number of hydrogen-bond acceptors (Lipinski definition) is 14. The van der Waals surface area contributed by atoms with E-state index in [2.05, 4.69) is 20.4 Å². The Morgan fingerprint density at radius 2 is 1.98 bits per heavy atom. The minimum Gasteiger partial charge on any atom is -1.00 e. The molecule has 2 amide bonds. The van der Waals surface area contributed by atoms with E-state index in [1.54, 1.807) is 29.0 Å². The molecule has 0 unspecified atom stereocenters. The molecule has 1 aromatic carbocycles. The molecule has 47 heavy (non-hydrogen) atoms. The van der Waals surface area contributed by atoms with Gasteiger partial charge in [-0.15, -0.1) is 23.1 Å². The highest BCUT2D eigenvalue weighted by atomic mass is 35.5. The van der Waals surface area contributed by atoms with E-state index >= 15 is 0 Å². The van der Waals surface area contributed by atoms with Gasteiger partial charge < -0.3 is 54.5 Å². The minimum absolute atomic E-state index is 0. The van der Waals surface area contributed by atoms with Crippen LogP contribution < -0.4 is 33.8 Å². The van der Waals surface area contributed by atoms with Crippen molar-refractivity contribution < 1.29 is 61.4 Å². The van der Waals surface area contributed by atoms with Crippen molar-refractivity contribution in [3.05, 3.63) is 76.8 Å². The largest absolute Gasteiger partial charge is 1.00 e. The standard InChI is InChI=1S/C27H24N8O9S2.ClH/c28-17-5-7-34(11-30-17)6-1-2-13-9-45-24-19(23(39)35(24)20(13)25(40)41)32-22(38)18(14-10-46-27(29)31-14)33-44-21(26(42)43)12-3-4-15(36)16(37)8-12;/h1-5,7-8,10-11,19,21,24,28H,6,9H2,(H7,29,31,32,33,36,37,38,40,41,42,43);1H/b2-1+;/t19-,21+,24-;/m1./s1. The lowest BCUT2D eigenvalue weighted by molar-refractivity contribution is -0.689. The van der Waals surface area contributed by atoms with Crippen LogP contribution in [-0.2, 0) is 30.6 Å². The molecule has 0 spiro atoms. The number of thiazole rings is 1. The van der Waals surface area contributed by atoms with E-state index in [9.17, 15) is 39.6 Å². The summed E-state index contributed by atoms with van der Waals surface area (Å²) in [6.07, 6.45) is 4.74. The number of carboxylic acid groups (broad SMARTS) is 2. The third kappa shape index (κ3) is 7.37. The summed E-state index contributed by atoms with van der Waals surface area (Å²) in [6.45, 7) is 0.367. The number of aliphatic carboxylic acids is 2. The molecule has 17 nitrogen and oxygen atoms in total. The molecule has 246 valence electrons. The number of carbonyl (C=O) groups is 4. The number of phenols is 2.